The molecule has 47 heavy (non-hydrogen) atoms. The van der Waals surface area contributed by atoms with Crippen LogP contribution in [-0.4, -0.2) is 29.3 Å². The van der Waals surface area contributed by atoms with Gasteiger partial charge >= 0.3 is 33.3 Å². The normalized spacial score (nSPS) is 12.4. The van der Waals surface area contributed by atoms with Crippen LogP contribution in [0.25, 0.3) is 0 Å². The number of hydrogen-bond acceptors (Lipinski definition) is 3. The Morgan fingerprint density at radius 2 is 0.660 bits per heavy atom. The molecule has 245 valence electrons. The van der Waals surface area contributed by atoms with E-state index in [1.807, 2.05) is 50.8 Å². The molecule has 0 fully saturated rings. The maximum atomic E-state index is 5.24. The molecule has 0 aliphatic carbocycles. The Labute approximate surface area is 293 Å². The van der Waals surface area contributed by atoms with E-state index < -0.39 is 5.79 Å². The number of halogens is 2. The summed E-state index contributed by atoms with van der Waals surface area (Å²) in [4.78, 5) is 0. The van der Waals surface area contributed by atoms with Crippen LogP contribution < -0.4 is 0 Å². The van der Waals surface area contributed by atoms with Crippen LogP contribution in [0.3, 0.4) is 0 Å². The average Bonchev–Trinajstić information content (AvgIpc) is 3.89. The fraction of sp³-hybridized carbons (Fsp3) is 0.289. The van der Waals surface area contributed by atoms with Gasteiger partial charge in [0, 0.05) is 41.8 Å². The van der Waals surface area contributed by atoms with Crippen LogP contribution in [0.5, 0.6) is 0 Å². The molecule has 0 N–H and O–H groups in total. The first kappa shape index (κ1) is 34.7. The fourth-order valence-electron chi connectivity index (χ4n) is 6.00. The maximum absolute atomic E-state index is 5.24. The number of aromatic nitrogens is 6. The Kier molecular flexibility index (Phi) is 10.2. The van der Waals surface area contributed by atoms with Gasteiger partial charge in [0.25, 0.3) is 0 Å². The summed E-state index contributed by atoms with van der Waals surface area (Å²) in [5.41, 5.74) is 5.70. The third-order valence-corrected chi connectivity index (χ3v) is 9.48. The molecule has 0 amide bonds. The molecule has 0 atom stereocenters. The van der Waals surface area contributed by atoms with Gasteiger partial charge in [-0.25, -0.2) is 14.0 Å². The first-order chi connectivity index (χ1) is 22.4. The van der Waals surface area contributed by atoms with E-state index in [-0.39, 0.29) is 29.4 Å². The summed E-state index contributed by atoms with van der Waals surface area (Å²) < 4.78 is 5.98. The standard InChI is InChI=1S/C38H42N6.2ClH.Mn/c1-35(2,29-17-11-8-12-18-29)32-23-26-42(39-32)38(7,43-27-24-33(40-43)36(3,4)30-19-13-9-14-20-30)44-28-25-34(41-44)37(5,6)31-21-15-10-16-22-31;;;/h8-28H,1-7H3;2*1H;/q;;;+2/p-2. The minimum atomic E-state index is -0.902. The molecular formula is C38H42Cl2MnN6. The quantitative estimate of drug-likeness (QED) is 0.141. The Morgan fingerprint density at radius 1 is 0.426 bits per heavy atom. The molecule has 6 aromatic rings. The van der Waals surface area contributed by atoms with E-state index >= 15 is 0 Å². The van der Waals surface area contributed by atoms with Crippen molar-refractivity contribution in [3.8, 4) is 0 Å². The topological polar surface area (TPSA) is 53.5 Å². The van der Waals surface area contributed by atoms with Gasteiger partial charge in [-0.2, -0.15) is 15.3 Å². The van der Waals surface area contributed by atoms with Crippen molar-refractivity contribution in [3.05, 3.63) is 162 Å². The third kappa shape index (κ3) is 6.73. The van der Waals surface area contributed by atoms with E-state index in [0.29, 0.717) is 0 Å². The first-order valence-electron chi connectivity index (χ1n) is 15.6. The number of hydrogen-bond donors (Lipinski definition) is 0. The van der Waals surface area contributed by atoms with Gasteiger partial charge < -0.3 is 0 Å². The van der Waals surface area contributed by atoms with E-state index in [2.05, 4.69) is 139 Å². The predicted molar refractivity (Wildman–Crippen MR) is 189 cm³/mol. The molecule has 0 aliphatic rings. The Bertz CT molecular complexity index is 1660. The van der Waals surface area contributed by atoms with Crippen LogP contribution in [-0.2, 0) is 35.2 Å². The van der Waals surface area contributed by atoms with Crippen molar-refractivity contribution in [1.29, 1.82) is 0 Å². The van der Waals surface area contributed by atoms with Gasteiger partial charge in [0.1, 0.15) is 0 Å². The first-order valence-corrected chi connectivity index (χ1v) is 18.8. The zero-order chi connectivity index (χ0) is 33.9. The fourth-order valence-corrected chi connectivity index (χ4v) is 6.00. The van der Waals surface area contributed by atoms with Crippen LogP contribution >= 0.6 is 20.2 Å². The monoisotopic (exact) mass is 707 g/mol. The summed E-state index contributed by atoms with van der Waals surface area (Å²) in [5, 5.41) is 15.7. The summed E-state index contributed by atoms with van der Waals surface area (Å²) in [6.45, 7) is 15.4. The molecule has 3 aromatic carbocycles. The van der Waals surface area contributed by atoms with E-state index in [1.54, 1.807) is 0 Å². The SMILES string of the molecule is CC(C)(c1ccccc1)c1ccn(C(C)(n2ccc(C(C)(C)c3ccccc3)n2)n2ccc(C(C)(C)c3ccccc3)n2)n1.[Cl][Mn][Cl]. The van der Waals surface area contributed by atoms with Crippen LogP contribution in [0.2, 0.25) is 0 Å². The molecule has 0 saturated carbocycles. The molecule has 0 radical (unpaired) electrons. The van der Waals surface area contributed by atoms with Gasteiger partial charge in [-0.15, -0.1) is 0 Å². The Balaban J connectivity index is 0.00000139. The van der Waals surface area contributed by atoms with Crippen LogP contribution in [0.1, 0.15) is 82.2 Å². The predicted octanol–water partition coefficient (Wildman–Crippen LogP) is 9.36. The Morgan fingerprint density at radius 3 is 0.894 bits per heavy atom. The van der Waals surface area contributed by atoms with E-state index in [9.17, 15) is 0 Å². The van der Waals surface area contributed by atoms with Crippen LogP contribution in [0, 0.1) is 0 Å². The summed E-state index contributed by atoms with van der Waals surface area (Å²) in [7, 11) is 9.59. The van der Waals surface area contributed by atoms with Gasteiger partial charge in [0.2, 0.25) is 5.79 Å². The van der Waals surface area contributed by atoms with Crippen molar-refractivity contribution >= 4 is 20.2 Å². The zero-order valence-electron chi connectivity index (χ0n) is 27.9. The molecule has 0 bridgehead atoms. The third-order valence-electron chi connectivity index (χ3n) is 9.48. The molecular weight excluding hydrogens is 666 g/mol. The second kappa shape index (κ2) is 13.9. The molecule has 0 saturated heterocycles. The van der Waals surface area contributed by atoms with Gasteiger partial charge in [-0.1, -0.05) is 133 Å². The van der Waals surface area contributed by atoms with Crippen molar-refractivity contribution in [2.24, 2.45) is 0 Å². The molecule has 3 aromatic heterocycles. The van der Waals surface area contributed by atoms with Crippen molar-refractivity contribution in [2.75, 3.05) is 0 Å². The van der Waals surface area contributed by atoms with E-state index in [1.165, 1.54) is 16.7 Å². The number of rotatable bonds is 9. The van der Waals surface area contributed by atoms with Gasteiger partial charge in [-0.3, -0.25) is 0 Å². The van der Waals surface area contributed by atoms with Crippen molar-refractivity contribution in [3.63, 3.8) is 0 Å². The molecule has 0 spiro atoms. The number of nitrogens with zero attached hydrogens (tertiary/aromatic N) is 6. The summed E-state index contributed by atoms with van der Waals surface area (Å²) in [6.07, 6.45) is 6.15. The Hall–Kier alpha value is -3.61. The van der Waals surface area contributed by atoms with E-state index in [4.69, 9.17) is 35.5 Å². The summed E-state index contributed by atoms with van der Waals surface area (Å²) >= 11 is 0.00694. The van der Waals surface area contributed by atoms with E-state index in [0.717, 1.165) is 17.1 Å². The number of benzene rings is 3. The van der Waals surface area contributed by atoms with Crippen molar-refractivity contribution < 1.29 is 13.1 Å². The molecule has 9 heteroatoms. The molecule has 6 nitrogen and oxygen atoms in total. The van der Waals surface area contributed by atoms with Gasteiger partial charge in [0.05, 0.1) is 17.1 Å². The molecule has 3 heterocycles. The molecule has 0 aliphatic heterocycles. The zero-order valence-corrected chi connectivity index (χ0v) is 30.6. The van der Waals surface area contributed by atoms with Crippen molar-refractivity contribution in [2.45, 2.75) is 70.5 Å². The second-order valence-electron chi connectivity index (χ2n) is 13.4. The summed E-state index contributed by atoms with van der Waals surface area (Å²) in [5.74, 6) is -0.902. The van der Waals surface area contributed by atoms with Crippen LogP contribution in [0.4, 0.5) is 0 Å². The van der Waals surface area contributed by atoms with Crippen LogP contribution in [0.15, 0.2) is 128 Å². The average molecular weight is 709 g/mol. The second-order valence-corrected chi connectivity index (χ2v) is 15.4. The minimum absolute atomic E-state index is 0.00694. The van der Waals surface area contributed by atoms with Gasteiger partial charge in [-0.05, 0) is 34.9 Å². The van der Waals surface area contributed by atoms with Crippen molar-refractivity contribution in [1.82, 2.24) is 29.3 Å². The summed E-state index contributed by atoms with van der Waals surface area (Å²) in [6, 6.07) is 37.9. The molecule has 0 unspecified atom stereocenters. The molecule has 6 rings (SSSR count). The van der Waals surface area contributed by atoms with Gasteiger partial charge in [0.15, 0.2) is 0 Å².